The number of amides is 2. The normalized spacial score (nSPS) is 10.9. The molecule has 0 aliphatic heterocycles. The van der Waals surface area contributed by atoms with Crippen LogP contribution in [-0.4, -0.2) is 76.0 Å². The van der Waals surface area contributed by atoms with Crippen LogP contribution >= 0.6 is 0 Å². The second-order valence-corrected chi connectivity index (χ2v) is 10.4. The van der Waals surface area contributed by atoms with Crippen molar-refractivity contribution in [2.75, 3.05) is 31.6 Å². The predicted octanol–water partition coefficient (Wildman–Crippen LogP) is 2.02. The minimum atomic E-state index is -1.21. The van der Waals surface area contributed by atoms with Crippen LogP contribution in [0, 0.1) is 28.4 Å². The number of fused-ring (bicyclic) bond motifs is 1. The lowest BCUT2D eigenvalue weighted by Crippen LogP contribution is -2.44. The number of nitrogens with two attached hydrogens (primary N) is 2. The van der Waals surface area contributed by atoms with Gasteiger partial charge in [0, 0.05) is 48.8 Å². The van der Waals surface area contributed by atoms with E-state index in [9.17, 15) is 18.4 Å². The van der Waals surface area contributed by atoms with Gasteiger partial charge in [-0.1, -0.05) is 6.92 Å². The molecule has 2 aromatic heterocycles. The van der Waals surface area contributed by atoms with E-state index in [1.807, 2.05) is 6.92 Å². The molecule has 0 fully saturated rings. The fourth-order valence-electron chi connectivity index (χ4n) is 4.74. The first-order chi connectivity index (χ1) is 24.1. The summed E-state index contributed by atoms with van der Waals surface area (Å²) in [6.45, 7) is 2.08. The summed E-state index contributed by atoms with van der Waals surface area (Å²) in [6, 6.07) is 8.78. The Morgan fingerprint density at radius 1 is 1.14 bits per heavy atom. The number of carbonyl (C=O) groups is 3. The number of halogens is 2. The molecule has 50 heavy (non-hydrogen) atoms. The molecular formula is C32H37F2N11O5. The number of imidazole rings is 1. The lowest BCUT2D eigenvalue weighted by Gasteiger charge is -2.14. The summed E-state index contributed by atoms with van der Waals surface area (Å²) in [4.78, 5) is 42.2. The Hall–Kier alpha value is -6.35. The molecule has 1 atom stereocenters. The molecule has 4 aromatic rings. The second kappa shape index (κ2) is 18.8. The van der Waals surface area contributed by atoms with Gasteiger partial charge in [-0.3, -0.25) is 24.2 Å². The first-order valence-electron chi connectivity index (χ1n) is 15.2. The number of benzene rings is 2. The SMILES string of the molecule is CCc1cc(Nc2nccn3c(-c4ccc(OCC#N)c(F)c4F)cnc23)ccc1C(=O)NCCNC(=O)C(N)CCCNC(=N)N.O=CO. The summed E-state index contributed by atoms with van der Waals surface area (Å²) in [6.07, 6.45) is 5.98. The number of ether oxygens (including phenoxy) is 1. The van der Waals surface area contributed by atoms with Gasteiger partial charge in [-0.05, 0) is 55.2 Å². The zero-order valence-electron chi connectivity index (χ0n) is 27.0. The Balaban J connectivity index is 0.00000217. The van der Waals surface area contributed by atoms with Crippen LogP contribution in [0.4, 0.5) is 20.3 Å². The Bertz CT molecular complexity index is 1860. The smallest absolute Gasteiger partial charge is 0.290 e. The van der Waals surface area contributed by atoms with Crippen molar-refractivity contribution < 1.29 is 33.0 Å². The van der Waals surface area contributed by atoms with Gasteiger partial charge >= 0.3 is 0 Å². The summed E-state index contributed by atoms with van der Waals surface area (Å²) >= 11 is 0. The number of nitrogens with zero attached hydrogens (tertiary/aromatic N) is 4. The maximum atomic E-state index is 15.0. The van der Waals surface area contributed by atoms with Crippen LogP contribution in [0.1, 0.15) is 35.7 Å². The molecule has 0 bridgehead atoms. The van der Waals surface area contributed by atoms with E-state index < -0.39 is 24.3 Å². The van der Waals surface area contributed by atoms with Crippen molar-refractivity contribution in [3.63, 3.8) is 0 Å². The van der Waals surface area contributed by atoms with Gasteiger partial charge < -0.3 is 42.6 Å². The molecule has 0 aliphatic rings. The Morgan fingerprint density at radius 2 is 1.88 bits per heavy atom. The highest BCUT2D eigenvalue weighted by Gasteiger charge is 2.20. The molecule has 4 rings (SSSR count). The molecule has 0 saturated heterocycles. The van der Waals surface area contributed by atoms with Crippen LogP contribution in [0.5, 0.6) is 5.75 Å². The number of carbonyl (C=O) groups excluding carboxylic acids is 2. The van der Waals surface area contributed by atoms with Crippen molar-refractivity contribution >= 4 is 41.4 Å². The highest BCUT2D eigenvalue weighted by molar-refractivity contribution is 5.96. The molecular weight excluding hydrogens is 656 g/mol. The third-order valence-corrected chi connectivity index (χ3v) is 7.09. The molecule has 18 heteroatoms. The topological polar surface area (TPSA) is 259 Å². The first-order valence-corrected chi connectivity index (χ1v) is 15.2. The van der Waals surface area contributed by atoms with Crippen molar-refractivity contribution in [1.82, 2.24) is 30.3 Å². The summed E-state index contributed by atoms with van der Waals surface area (Å²) in [5.41, 5.74) is 13.5. The number of guanidine groups is 1. The highest BCUT2D eigenvalue weighted by Crippen LogP contribution is 2.32. The van der Waals surface area contributed by atoms with Crippen LogP contribution < -0.4 is 37.5 Å². The van der Waals surface area contributed by atoms with Crippen LogP contribution in [-0.2, 0) is 16.0 Å². The Labute approximate surface area is 285 Å². The van der Waals surface area contributed by atoms with Crippen LogP contribution in [0.25, 0.3) is 16.9 Å². The monoisotopic (exact) mass is 693 g/mol. The fourth-order valence-corrected chi connectivity index (χ4v) is 4.74. The standard InChI is InChI=1S/C31H35F2N11O3.CH2O2/c1-2-18-16-19(5-6-20(18)29(45)39-11-12-40-30(46)22(35)4-3-10-41-31(36)37)43-27-28-42-17-23(44(28)14-13-38-27)21-7-8-24(47-15-9-34)26(33)25(21)32;2-1-3/h5-8,13-14,16-17,22H,2-4,10-12,15,35H2,1H3,(H,38,43)(H,39,45)(H,40,46)(H4,36,37,41);1H,(H,2,3). The number of rotatable bonds is 15. The maximum absolute atomic E-state index is 15.0. The minimum Gasteiger partial charge on any atom is -0.483 e. The average molecular weight is 694 g/mol. The Morgan fingerprint density at radius 3 is 2.58 bits per heavy atom. The molecule has 0 aliphatic carbocycles. The van der Waals surface area contributed by atoms with Gasteiger partial charge in [-0.15, -0.1) is 0 Å². The van der Waals surface area contributed by atoms with E-state index in [-0.39, 0.29) is 54.3 Å². The van der Waals surface area contributed by atoms with E-state index >= 15 is 0 Å². The van der Waals surface area contributed by atoms with Gasteiger partial charge in [0.15, 0.2) is 35.6 Å². The third kappa shape index (κ3) is 10.1. The fraction of sp³-hybridized carbons (Fsp3) is 0.281. The molecule has 1 unspecified atom stereocenters. The molecule has 16 nitrogen and oxygen atoms in total. The Kier molecular flexibility index (Phi) is 14.4. The highest BCUT2D eigenvalue weighted by atomic mass is 19.2. The molecule has 264 valence electrons. The number of nitriles is 1. The number of anilines is 2. The van der Waals surface area contributed by atoms with E-state index in [1.54, 1.807) is 34.9 Å². The zero-order valence-corrected chi connectivity index (χ0v) is 27.0. The lowest BCUT2D eigenvalue weighted by molar-refractivity contribution is -0.123. The lowest BCUT2D eigenvalue weighted by atomic mass is 10.0. The van der Waals surface area contributed by atoms with Gasteiger partial charge in [-0.25, -0.2) is 14.4 Å². The van der Waals surface area contributed by atoms with E-state index in [0.29, 0.717) is 48.5 Å². The average Bonchev–Trinajstić information content (AvgIpc) is 3.54. The first kappa shape index (κ1) is 38.1. The van der Waals surface area contributed by atoms with Gasteiger partial charge in [0.25, 0.3) is 12.4 Å². The van der Waals surface area contributed by atoms with Gasteiger partial charge in [-0.2, -0.15) is 9.65 Å². The molecule has 0 saturated carbocycles. The van der Waals surface area contributed by atoms with Crippen molar-refractivity contribution in [3.05, 3.63) is 71.7 Å². The minimum absolute atomic E-state index is 0.0544. The summed E-state index contributed by atoms with van der Waals surface area (Å²) in [5.74, 6) is -3.16. The predicted molar refractivity (Wildman–Crippen MR) is 180 cm³/mol. The quantitative estimate of drug-likeness (QED) is 0.0385. The van der Waals surface area contributed by atoms with Crippen LogP contribution in [0.2, 0.25) is 0 Å². The van der Waals surface area contributed by atoms with Gasteiger partial charge in [0.1, 0.15) is 6.07 Å². The molecule has 10 N–H and O–H groups in total. The number of carboxylic acid groups (broad SMARTS) is 1. The molecule has 0 spiro atoms. The maximum Gasteiger partial charge on any atom is 0.290 e. The van der Waals surface area contributed by atoms with Crippen molar-refractivity contribution in [2.24, 2.45) is 11.5 Å². The number of hydrogen-bond donors (Lipinski definition) is 8. The van der Waals surface area contributed by atoms with Crippen LogP contribution in [0.15, 0.2) is 48.9 Å². The third-order valence-electron chi connectivity index (χ3n) is 7.09. The molecule has 2 amide bonds. The molecule has 2 heterocycles. The van der Waals surface area contributed by atoms with E-state index in [0.717, 1.165) is 5.56 Å². The van der Waals surface area contributed by atoms with E-state index in [4.69, 9.17) is 36.8 Å². The van der Waals surface area contributed by atoms with Crippen molar-refractivity contribution in [1.29, 1.82) is 10.7 Å². The van der Waals surface area contributed by atoms with Crippen molar-refractivity contribution in [3.8, 4) is 23.1 Å². The summed E-state index contributed by atoms with van der Waals surface area (Å²) in [5, 5.41) is 34.0. The van der Waals surface area contributed by atoms with E-state index in [2.05, 4.69) is 31.2 Å². The van der Waals surface area contributed by atoms with E-state index in [1.165, 1.54) is 24.5 Å². The van der Waals surface area contributed by atoms with Gasteiger partial charge in [0.05, 0.1) is 17.9 Å². The number of hydrogen-bond acceptors (Lipinski definition) is 10. The second-order valence-electron chi connectivity index (χ2n) is 10.4. The largest absolute Gasteiger partial charge is 0.483 e. The van der Waals surface area contributed by atoms with Gasteiger partial charge in [0.2, 0.25) is 11.7 Å². The van der Waals surface area contributed by atoms with Crippen molar-refractivity contribution in [2.45, 2.75) is 32.2 Å². The number of aromatic nitrogens is 3. The number of aryl methyl sites for hydroxylation is 1. The summed E-state index contributed by atoms with van der Waals surface area (Å²) < 4.78 is 36.1. The zero-order chi connectivity index (χ0) is 36.6. The molecule has 2 aromatic carbocycles. The summed E-state index contributed by atoms with van der Waals surface area (Å²) in [7, 11) is 0. The number of nitrogens with one attached hydrogen (secondary N) is 5. The van der Waals surface area contributed by atoms with Crippen LogP contribution in [0.3, 0.4) is 0 Å². The molecule has 0 radical (unpaired) electrons.